The third-order valence-electron chi connectivity index (χ3n) is 5.06. The number of primary sulfonamides is 1. The number of fused-ring (bicyclic) bond motifs is 1. The molecule has 9 heteroatoms. The lowest BCUT2D eigenvalue weighted by Crippen LogP contribution is -2.27. The van der Waals surface area contributed by atoms with Crippen molar-refractivity contribution in [1.82, 2.24) is 14.7 Å². The van der Waals surface area contributed by atoms with Crippen molar-refractivity contribution in [3.05, 3.63) is 89.2 Å². The van der Waals surface area contributed by atoms with E-state index in [1.165, 1.54) is 12.1 Å². The van der Waals surface area contributed by atoms with Crippen LogP contribution in [0.4, 0.5) is 0 Å². The Bertz CT molecular complexity index is 1360. The van der Waals surface area contributed by atoms with Crippen LogP contribution in [0.15, 0.2) is 77.8 Å². The molecule has 0 bridgehead atoms. The minimum atomic E-state index is -3.72. The van der Waals surface area contributed by atoms with Crippen molar-refractivity contribution in [3.63, 3.8) is 0 Å². The van der Waals surface area contributed by atoms with Crippen molar-refractivity contribution in [2.24, 2.45) is 5.14 Å². The van der Waals surface area contributed by atoms with Crippen molar-refractivity contribution in [1.29, 1.82) is 0 Å². The van der Waals surface area contributed by atoms with Gasteiger partial charge < -0.3 is 9.72 Å². The Balaban J connectivity index is 1.46. The van der Waals surface area contributed by atoms with E-state index in [1.54, 1.807) is 24.3 Å². The maximum Gasteiger partial charge on any atom is 0.238 e. The van der Waals surface area contributed by atoms with Gasteiger partial charge in [-0.25, -0.2) is 18.5 Å². The van der Waals surface area contributed by atoms with Gasteiger partial charge in [0.25, 0.3) is 0 Å². The summed E-state index contributed by atoms with van der Waals surface area (Å²) in [4.78, 5) is 17.5. The molecule has 0 atom stereocenters. The number of imidazole rings is 1. The Labute approximate surface area is 190 Å². The molecule has 0 aliphatic rings. The monoisotopic (exact) mass is 468 g/mol. The molecule has 0 fully saturated rings. The van der Waals surface area contributed by atoms with Crippen molar-refractivity contribution >= 4 is 33.2 Å². The number of carbonyl (C=O) groups is 1. The van der Waals surface area contributed by atoms with Gasteiger partial charge in [0.05, 0.1) is 22.7 Å². The number of nitrogens with one attached hydrogen (secondary N) is 1. The number of sulfonamides is 1. The van der Waals surface area contributed by atoms with Gasteiger partial charge in [0, 0.05) is 23.3 Å². The van der Waals surface area contributed by atoms with Crippen LogP contribution >= 0.6 is 11.6 Å². The van der Waals surface area contributed by atoms with Gasteiger partial charge in [-0.3, -0.25) is 4.79 Å². The maximum absolute atomic E-state index is 12.7. The molecule has 0 spiro atoms. The Hall–Kier alpha value is -3.20. The third-order valence-corrected chi connectivity index (χ3v) is 6.24. The molecule has 0 radical (unpaired) electrons. The van der Waals surface area contributed by atoms with E-state index in [4.69, 9.17) is 21.7 Å². The Morgan fingerprint density at radius 3 is 2.44 bits per heavy atom. The number of nitrogens with two attached hydrogens (primary N) is 1. The Morgan fingerprint density at radius 1 is 1.03 bits per heavy atom. The zero-order valence-corrected chi connectivity index (χ0v) is 18.6. The van der Waals surface area contributed by atoms with Gasteiger partial charge >= 0.3 is 0 Å². The van der Waals surface area contributed by atoms with E-state index in [0.717, 1.165) is 28.2 Å². The van der Waals surface area contributed by atoms with Gasteiger partial charge in [0.2, 0.25) is 15.9 Å². The van der Waals surface area contributed by atoms with E-state index in [0.29, 0.717) is 18.0 Å². The van der Waals surface area contributed by atoms with Crippen LogP contribution in [-0.2, 0) is 27.7 Å². The molecule has 1 amide bonds. The van der Waals surface area contributed by atoms with Gasteiger partial charge in [-0.1, -0.05) is 41.9 Å². The summed E-state index contributed by atoms with van der Waals surface area (Å²) >= 11 is 6.01. The molecule has 4 rings (SSSR count). The van der Waals surface area contributed by atoms with Crippen LogP contribution < -0.4 is 10.5 Å². The number of hydrogen-bond acceptors (Lipinski definition) is 4. The van der Waals surface area contributed by atoms with Gasteiger partial charge in [-0.2, -0.15) is 0 Å². The Kier molecular flexibility index (Phi) is 6.27. The van der Waals surface area contributed by atoms with Crippen molar-refractivity contribution in [2.45, 2.75) is 17.7 Å². The average molecular weight is 469 g/mol. The van der Waals surface area contributed by atoms with Crippen LogP contribution in [0.2, 0.25) is 5.02 Å². The lowest BCUT2D eigenvalue weighted by atomic mass is 10.1. The van der Waals surface area contributed by atoms with Gasteiger partial charge in [0.15, 0.2) is 0 Å². The predicted octanol–water partition coefficient (Wildman–Crippen LogP) is 3.20. The molecular formula is C23H21ClN4O3S. The minimum Gasteiger partial charge on any atom is -0.355 e. The minimum absolute atomic E-state index is 0.0626. The number of halogens is 1. The lowest BCUT2D eigenvalue weighted by molar-refractivity contribution is -0.120. The van der Waals surface area contributed by atoms with Crippen LogP contribution in [0.1, 0.15) is 11.3 Å². The number of pyridine rings is 1. The zero-order chi connectivity index (χ0) is 22.7. The van der Waals surface area contributed by atoms with Crippen LogP contribution in [0.25, 0.3) is 16.9 Å². The normalized spacial score (nSPS) is 11.6. The molecule has 0 saturated heterocycles. The summed E-state index contributed by atoms with van der Waals surface area (Å²) in [6, 6.07) is 19.4. The highest BCUT2D eigenvalue weighted by molar-refractivity contribution is 7.89. The molecule has 3 N–H and O–H groups in total. The van der Waals surface area contributed by atoms with E-state index >= 15 is 0 Å². The quantitative estimate of drug-likeness (QED) is 0.434. The predicted molar refractivity (Wildman–Crippen MR) is 124 cm³/mol. The summed E-state index contributed by atoms with van der Waals surface area (Å²) in [5, 5.41) is 8.67. The average Bonchev–Trinajstić information content (AvgIpc) is 3.12. The molecule has 4 aromatic rings. The van der Waals surface area contributed by atoms with Crippen molar-refractivity contribution in [2.75, 3.05) is 6.54 Å². The number of rotatable bonds is 7. The summed E-state index contributed by atoms with van der Waals surface area (Å²) < 4.78 is 24.6. The molecular weight excluding hydrogens is 448 g/mol. The summed E-state index contributed by atoms with van der Waals surface area (Å²) in [6.45, 7) is 0.417. The number of benzene rings is 2. The van der Waals surface area contributed by atoms with E-state index < -0.39 is 10.0 Å². The second-order valence-corrected chi connectivity index (χ2v) is 9.31. The fraction of sp³-hybridized carbons (Fsp3) is 0.130. The smallest absolute Gasteiger partial charge is 0.238 e. The topological polar surface area (TPSA) is 107 Å². The standard InChI is InChI=1S/C23H21ClN4O3S/c24-18-8-6-17(7-9-18)23-20(28-14-2-1-3-21(28)27-23)15-22(29)26-13-12-16-4-10-19(11-5-16)32(25,30)31/h1-11,14H,12-13,15H2,(H,26,29)(H2,25,30,31). The molecule has 2 aromatic heterocycles. The number of nitrogens with zero attached hydrogens (tertiary/aromatic N) is 2. The van der Waals surface area contributed by atoms with E-state index in [2.05, 4.69) is 5.32 Å². The maximum atomic E-state index is 12.7. The van der Waals surface area contributed by atoms with E-state index in [9.17, 15) is 13.2 Å². The zero-order valence-electron chi connectivity index (χ0n) is 17.0. The van der Waals surface area contributed by atoms with Crippen molar-refractivity contribution < 1.29 is 13.2 Å². The SMILES string of the molecule is NS(=O)(=O)c1ccc(CCNC(=O)Cc2c(-c3ccc(Cl)cc3)nc3ccccn23)cc1. The number of amides is 1. The molecule has 0 unspecified atom stereocenters. The molecule has 0 aliphatic carbocycles. The molecule has 2 aromatic carbocycles. The van der Waals surface area contributed by atoms with Gasteiger partial charge in [0.1, 0.15) is 5.65 Å². The number of aromatic nitrogens is 2. The van der Waals surface area contributed by atoms with Crippen LogP contribution in [-0.4, -0.2) is 30.3 Å². The highest BCUT2D eigenvalue weighted by Crippen LogP contribution is 2.26. The van der Waals surface area contributed by atoms with Crippen molar-refractivity contribution in [3.8, 4) is 11.3 Å². The first-order chi connectivity index (χ1) is 15.3. The molecule has 32 heavy (non-hydrogen) atoms. The number of hydrogen-bond donors (Lipinski definition) is 2. The highest BCUT2D eigenvalue weighted by atomic mass is 35.5. The second-order valence-electron chi connectivity index (χ2n) is 7.31. The second kappa shape index (κ2) is 9.12. The van der Waals surface area contributed by atoms with Crippen LogP contribution in [0.3, 0.4) is 0 Å². The first-order valence-corrected chi connectivity index (χ1v) is 11.8. The van der Waals surface area contributed by atoms with E-state index in [1.807, 2.05) is 40.9 Å². The van der Waals surface area contributed by atoms with Crippen LogP contribution in [0.5, 0.6) is 0 Å². The van der Waals surface area contributed by atoms with E-state index in [-0.39, 0.29) is 17.2 Å². The summed E-state index contributed by atoms with van der Waals surface area (Å²) in [7, 11) is -3.72. The fourth-order valence-electron chi connectivity index (χ4n) is 3.46. The summed E-state index contributed by atoms with van der Waals surface area (Å²) in [5.74, 6) is -0.132. The first kappa shape index (κ1) is 22.0. The summed E-state index contributed by atoms with van der Waals surface area (Å²) in [5.41, 5.74) is 4.07. The molecule has 0 aliphatic heterocycles. The molecule has 7 nitrogen and oxygen atoms in total. The fourth-order valence-corrected chi connectivity index (χ4v) is 4.10. The third kappa shape index (κ3) is 4.99. The lowest BCUT2D eigenvalue weighted by Gasteiger charge is -2.08. The molecule has 2 heterocycles. The van der Waals surface area contributed by atoms with Gasteiger partial charge in [-0.15, -0.1) is 0 Å². The number of carbonyl (C=O) groups excluding carboxylic acids is 1. The summed E-state index contributed by atoms with van der Waals surface area (Å²) in [6.07, 6.45) is 2.61. The molecule has 0 saturated carbocycles. The van der Waals surface area contributed by atoms with Crippen LogP contribution in [0, 0.1) is 0 Å². The first-order valence-electron chi connectivity index (χ1n) is 9.91. The largest absolute Gasteiger partial charge is 0.355 e. The van der Waals surface area contributed by atoms with Gasteiger partial charge in [-0.05, 0) is 48.4 Å². The molecule has 164 valence electrons. The highest BCUT2D eigenvalue weighted by Gasteiger charge is 2.17. The Morgan fingerprint density at radius 2 is 1.75 bits per heavy atom.